The van der Waals surface area contributed by atoms with E-state index in [0.29, 0.717) is 29.9 Å². The van der Waals surface area contributed by atoms with Gasteiger partial charge in [-0.1, -0.05) is 25.2 Å². The maximum absolute atomic E-state index is 12.0. The Morgan fingerprint density at radius 1 is 1.39 bits per heavy atom. The molecule has 0 saturated heterocycles. The standard InChI is InChI=1S/C10H19N3O3S2/c1-4-10(11,5-2)6-12-18(15,16)8-7(3)13-9(14)17-8/h12H,4-6,11H2,1-3H3,(H,13,14). The Morgan fingerprint density at radius 2 is 1.94 bits per heavy atom. The third-order valence-corrected chi connectivity index (χ3v) is 6.05. The van der Waals surface area contributed by atoms with Crippen molar-refractivity contribution in [2.24, 2.45) is 5.73 Å². The van der Waals surface area contributed by atoms with Crippen LogP contribution >= 0.6 is 11.3 Å². The van der Waals surface area contributed by atoms with E-state index in [1.807, 2.05) is 13.8 Å². The van der Waals surface area contributed by atoms with Crippen LogP contribution in [-0.4, -0.2) is 25.5 Å². The summed E-state index contributed by atoms with van der Waals surface area (Å²) in [6.07, 6.45) is 1.35. The molecule has 0 aliphatic heterocycles. The van der Waals surface area contributed by atoms with Crippen molar-refractivity contribution in [3.05, 3.63) is 15.4 Å². The van der Waals surface area contributed by atoms with Crippen molar-refractivity contribution in [3.8, 4) is 0 Å². The fraction of sp³-hybridized carbons (Fsp3) is 0.700. The molecule has 0 unspecified atom stereocenters. The summed E-state index contributed by atoms with van der Waals surface area (Å²) in [5, 5.41) is 0. The number of sulfonamides is 1. The zero-order chi connectivity index (χ0) is 14.0. The fourth-order valence-electron chi connectivity index (χ4n) is 1.45. The molecular weight excluding hydrogens is 274 g/mol. The Kier molecular flexibility index (Phi) is 4.71. The molecule has 1 rings (SSSR count). The van der Waals surface area contributed by atoms with E-state index in [1.54, 1.807) is 6.92 Å². The average Bonchev–Trinajstić information content (AvgIpc) is 2.66. The maximum atomic E-state index is 12.0. The van der Waals surface area contributed by atoms with E-state index in [9.17, 15) is 13.2 Å². The Balaban J connectivity index is 2.90. The molecule has 0 aromatic carbocycles. The number of aryl methyl sites for hydroxylation is 1. The van der Waals surface area contributed by atoms with Crippen LogP contribution in [0.25, 0.3) is 0 Å². The SMILES string of the molecule is CCC(N)(CC)CNS(=O)(=O)c1sc(=O)[nH]c1C. The van der Waals surface area contributed by atoms with Gasteiger partial charge in [-0.15, -0.1) is 0 Å². The highest BCUT2D eigenvalue weighted by Gasteiger charge is 2.26. The molecule has 8 heteroatoms. The lowest BCUT2D eigenvalue weighted by atomic mass is 9.95. The molecule has 104 valence electrons. The van der Waals surface area contributed by atoms with Gasteiger partial charge in [0.25, 0.3) is 10.0 Å². The number of hydrogen-bond donors (Lipinski definition) is 3. The molecule has 1 aromatic heterocycles. The Hall–Kier alpha value is -0.700. The first-order chi connectivity index (χ1) is 8.24. The molecule has 0 aliphatic carbocycles. The van der Waals surface area contributed by atoms with E-state index in [0.717, 1.165) is 0 Å². The monoisotopic (exact) mass is 293 g/mol. The largest absolute Gasteiger partial charge is 0.324 e. The van der Waals surface area contributed by atoms with Crippen molar-refractivity contribution >= 4 is 21.4 Å². The zero-order valence-electron chi connectivity index (χ0n) is 10.7. The van der Waals surface area contributed by atoms with Crippen molar-refractivity contribution in [2.45, 2.75) is 43.4 Å². The van der Waals surface area contributed by atoms with Crippen LogP contribution in [0.2, 0.25) is 0 Å². The minimum atomic E-state index is -3.67. The number of nitrogens with two attached hydrogens (primary N) is 1. The highest BCUT2D eigenvalue weighted by Crippen LogP contribution is 2.17. The number of aromatic nitrogens is 1. The van der Waals surface area contributed by atoms with Gasteiger partial charge in [0.05, 0.1) is 0 Å². The van der Waals surface area contributed by atoms with E-state index in [1.165, 1.54) is 0 Å². The third-order valence-electron chi connectivity index (χ3n) is 3.05. The number of rotatable bonds is 6. The molecule has 0 fully saturated rings. The molecule has 6 nitrogen and oxygen atoms in total. The number of H-pyrrole nitrogens is 1. The number of thiazole rings is 1. The van der Waals surface area contributed by atoms with Gasteiger partial charge in [0.2, 0.25) is 0 Å². The Labute approximate surface area is 111 Å². The minimum absolute atomic E-state index is 0.0297. The predicted molar refractivity (Wildman–Crippen MR) is 72.4 cm³/mol. The molecule has 0 saturated carbocycles. The lowest BCUT2D eigenvalue weighted by Gasteiger charge is -2.26. The first kappa shape index (κ1) is 15.4. The quantitative estimate of drug-likeness (QED) is 0.712. The van der Waals surface area contributed by atoms with Crippen LogP contribution in [0.3, 0.4) is 0 Å². The van der Waals surface area contributed by atoms with Crippen LogP contribution in [0, 0.1) is 6.92 Å². The molecule has 0 amide bonds. The van der Waals surface area contributed by atoms with Crippen molar-refractivity contribution in [3.63, 3.8) is 0 Å². The molecule has 1 heterocycles. The Morgan fingerprint density at radius 3 is 2.33 bits per heavy atom. The number of nitrogens with one attached hydrogen (secondary N) is 2. The summed E-state index contributed by atoms with van der Waals surface area (Å²) < 4.78 is 26.6. The van der Waals surface area contributed by atoms with Crippen LogP contribution in [0.1, 0.15) is 32.4 Å². The molecule has 4 N–H and O–H groups in total. The fourth-order valence-corrected chi connectivity index (χ4v) is 3.93. The minimum Gasteiger partial charge on any atom is -0.324 e. The third kappa shape index (κ3) is 3.41. The van der Waals surface area contributed by atoms with Crippen molar-refractivity contribution in [1.82, 2.24) is 9.71 Å². The maximum Gasteiger partial charge on any atom is 0.305 e. The summed E-state index contributed by atoms with van der Waals surface area (Å²) >= 11 is 0.685. The number of hydrogen-bond acceptors (Lipinski definition) is 5. The van der Waals surface area contributed by atoms with E-state index in [-0.39, 0.29) is 15.6 Å². The van der Waals surface area contributed by atoms with Crippen LogP contribution in [0.15, 0.2) is 9.00 Å². The van der Waals surface area contributed by atoms with Crippen LogP contribution < -0.4 is 15.3 Å². The molecule has 0 atom stereocenters. The summed E-state index contributed by atoms with van der Waals surface area (Å²) in [7, 11) is -3.67. The lowest BCUT2D eigenvalue weighted by Crippen LogP contribution is -2.49. The van der Waals surface area contributed by atoms with Gasteiger partial charge in [-0.05, 0) is 19.8 Å². The van der Waals surface area contributed by atoms with Crippen molar-refractivity contribution in [1.29, 1.82) is 0 Å². The molecule has 1 aromatic rings. The highest BCUT2D eigenvalue weighted by atomic mass is 32.2. The second-order valence-corrected chi connectivity index (χ2v) is 7.27. The van der Waals surface area contributed by atoms with E-state index < -0.39 is 15.6 Å². The van der Waals surface area contributed by atoms with Gasteiger partial charge >= 0.3 is 4.87 Å². The van der Waals surface area contributed by atoms with Crippen LogP contribution in [0.5, 0.6) is 0 Å². The van der Waals surface area contributed by atoms with Gasteiger partial charge in [0.1, 0.15) is 0 Å². The molecule has 0 radical (unpaired) electrons. The van der Waals surface area contributed by atoms with Crippen LogP contribution in [-0.2, 0) is 10.0 Å². The topological polar surface area (TPSA) is 105 Å². The van der Waals surface area contributed by atoms with E-state index in [4.69, 9.17) is 5.73 Å². The first-order valence-corrected chi connectivity index (χ1v) is 8.02. The zero-order valence-corrected chi connectivity index (χ0v) is 12.4. The normalized spacial score (nSPS) is 12.9. The van der Waals surface area contributed by atoms with Gasteiger partial charge < -0.3 is 10.7 Å². The summed E-state index contributed by atoms with van der Waals surface area (Å²) in [6, 6.07) is 0. The molecule has 0 aliphatic rings. The van der Waals surface area contributed by atoms with Crippen LogP contribution in [0.4, 0.5) is 0 Å². The van der Waals surface area contributed by atoms with Gasteiger partial charge in [0, 0.05) is 17.8 Å². The van der Waals surface area contributed by atoms with Gasteiger partial charge in [-0.2, -0.15) is 0 Å². The second-order valence-electron chi connectivity index (χ2n) is 4.32. The van der Waals surface area contributed by atoms with Gasteiger partial charge in [-0.25, -0.2) is 13.1 Å². The first-order valence-electron chi connectivity index (χ1n) is 5.72. The molecule has 0 spiro atoms. The molecular formula is C10H19N3O3S2. The summed E-state index contributed by atoms with van der Waals surface area (Å²) in [5.74, 6) is 0. The summed E-state index contributed by atoms with van der Waals surface area (Å²) in [6.45, 7) is 5.55. The second kappa shape index (κ2) is 5.52. The van der Waals surface area contributed by atoms with E-state index in [2.05, 4.69) is 9.71 Å². The molecule has 18 heavy (non-hydrogen) atoms. The van der Waals surface area contributed by atoms with Crippen molar-refractivity contribution < 1.29 is 8.42 Å². The predicted octanol–water partition coefficient (Wildman–Crippen LogP) is 0.541. The highest BCUT2D eigenvalue weighted by molar-refractivity contribution is 7.91. The van der Waals surface area contributed by atoms with Crippen molar-refractivity contribution in [2.75, 3.05) is 6.54 Å². The smallest absolute Gasteiger partial charge is 0.305 e. The molecule has 0 bridgehead atoms. The van der Waals surface area contributed by atoms with E-state index >= 15 is 0 Å². The van der Waals surface area contributed by atoms with Gasteiger partial charge in [-0.3, -0.25) is 4.79 Å². The number of aromatic amines is 1. The summed E-state index contributed by atoms with van der Waals surface area (Å²) in [5.41, 5.74) is 5.83. The lowest BCUT2D eigenvalue weighted by molar-refractivity contribution is 0.392. The summed E-state index contributed by atoms with van der Waals surface area (Å²) in [4.78, 5) is 13.2. The Bertz CT molecular complexity index is 555. The van der Waals surface area contributed by atoms with Gasteiger partial charge in [0.15, 0.2) is 4.21 Å². The average molecular weight is 293 g/mol.